The van der Waals surface area contributed by atoms with E-state index in [2.05, 4.69) is 29.0 Å². The van der Waals surface area contributed by atoms with E-state index in [4.69, 9.17) is 10.6 Å². The molecule has 4 rings (SSSR count). The molecule has 0 radical (unpaired) electrons. The third-order valence-electron chi connectivity index (χ3n) is 6.25. The van der Waals surface area contributed by atoms with Crippen LogP contribution in [0.4, 0.5) is 13.2 Å². The van der Waals surface area contributed by atoms with Gasteiger partial charge in [-0.1, -0.05) is 60.7 Å². The number of halogens is 3. The van der Waals surface area contributed by atoms with Crippen molar-refractivity contribution in [2.75, 3.05) is 13.7 Å². The molecule has 2 atom stereocenters. The minimum atomic E-state index is -4.75. The molecule has 3 aromatic carbocycles. The number of hydrogen-bond donors (Lipinski definition) is 1. The molecule has 0 spiro atoms. The van der Waals surface area contributed by atoms with E-state index in [9.17, 15) is 13.2 Å². The lowest BCUT2D eigenvalue weighted by atomic mass is 9.78. The largest absolute Gasteiger partial charge is 0.573 e. The van der Waals surface area contributed by atoms with Crippen LogP contribution in [0.1, 0.15) is 29.0 Å². The Morgan fingerprint density at radius 3 is 2.12 bits per heavy atom. The van der Waals surface area contributed by atoms with E-state index in [1.807, 2.05) is 41.4 Å². The molecule has 1 saturated heterocycles. The van der Waals surface area contributed by atoms with Crippen LogP contribution >= 0.6 is 0 Å². The first-order chi connectivity index (χ1) is 15.9. The lowest BCUT2D eigenvalue weighted by Gasteiger charge is -2.34. The molecule has 0 saturated carbocycles. The number of ether oxygens (including phenoxy) is 2. The van der Waals surface area contributed by atoms with Gasteiger partial charge in [-0.25, -0.2) is 5.01 Å². The first kappa shape index (κ1) is 23.1. The Kier molecular flexibility index (Phi) is 6.91. The molecule has 4 nitrogen and oxygen atoms in total. The fourth-order valence-corrected chi connectivity index (χ4v) is 4.89. The zero-order chi connectivity index (χ0) is 23.4. The molecule has 2 unspecified atom stereocenters. The maximum Gasteiger partial charge on any atom is 0.573 e. The molecule has 3 aromatic rings. The van der Waals surface area contributed by atoms with E-state index in [-0.39, 0.29) is 23.6 Å². The summed E-state index contributed by atoms with van der Waals surface area (Å²) in [6, 6.07) is 24.6. The maximum atomic E-state index is 12.8. The van der Waals surface area contributed by atoms with Crippen molar-refractivity contribution in [3.05, 3.63) is 95.6 Å². The Bertz CT molecular complexity index is 1000. The van der Waals surface area contributed by atoms with Crippen molar-refractivity contribution >= 4 is 0 Å². The van der Waals surface area contributed by atoms with Gasteiger partial charge in [0.25, 0.3) is 0 Å². The van der Waals surface area contributed by atoms with Gasteiger partial charge in [-0.15, -0.1) is 13.2 Å². The molecule has 1 heterocycles. The van der Waals surface area contributed by atoms with E-state index in [1.54, 1.807) is 0 Å². The predicted molar refractivity (Wildman–Crippen MR) is 121 cm³/mol. The number of alkyl halides is 3. The Hall–Kier alpha value is -3.03. The molecule has 2 N–H and O–H groups in total. The molecule has 1 aliphatic heterocycles. The Labute approximate surface area is 191 Å². The normalized spacial score (nSPS) is 19.1. The fraction of sp³-hybridized carbons (Fsp3) is 0.308. The smallest absolute Gasteiger partial charge is 0.496 e. The predicted octanol–water partition coefficient (Wildman–Crippen LogP) is 5.53. The van der Waals surface area contributed by atoms with Crippen LogP contribution in [0.25, 0.3) is 0 Å². The SMILES string of the molecule is COc1ccc(OC(F)(F)F)cc1CC1CCN(N)C1C(c1ccccc1)c1ccccc1. The molecule has 1 aliphatic rings. The molecular weight excluding hydrogens is 429 g/mol. The second kappa shape index (κ2) is 9.85. The van der Waals surface area contributed by atoms with Crippen molar-refractivity contribution in [2.45, 2.75) is 31.2 Å². The highest BCUT2D eigenvalue weighted by Crippen LogP contribution is 2.41. The van der Waals surface area contributed by atoms with E-state index in [0.717, 1.165) is 17.5 Å². The Morgan fingerprint density at radius 1 is 0.970 bits per heavy atom. The van der Waals surface area contributed by atoms with E-state index in [1.165, 1.54) is 25.3 Å². The molecule has 7 heteroatoms. The highest BCUT2D eigenvalue weighted by molar-refractivity contribution is 5.42. The van der Waals surface area contributed by atoms with Gasteiger partial charge >= 0.3 is 6.36 Å². The van der Waals surface area contributed by atoms with Gasteiger partial charge in [-0.05, 0) is 53.6 Å². The van der Waals surface area contributed by atoms with Gasteiger partial charge in [-0.3, -0.25) is 5.84 Å². The second-order valence-electron chi connectivity index (χ2n) is 8.30. The maximum absolute atomic E-state index is 12.8. The summed E-state index contributed by atoms with van der Waals surface area (Å²) >= 11 is 0. The molecule has 0 bridgehead atoms. The van der Waals surface area contributed by atoms with Gasteiger partial charge < -0.3 is 9.47 Å². The van der Waals surface area contributed by atoms with Crippen molar-refractivity contribution < 1.29 is 22.6 Å². The molecule has 1 fully saturated rings. The molecule has 0 aliphatic carbocycles. The van der Waals surface area contributed by atoms with Crippen LogP contribution in [-0.2, 0) is 6.42 Å². The van der Waals surface area contributed by atoms with E-state index < -0.39 is 6.36 Å². The number of hydrogen-bond acceptors (Lipinski definition) is 4. The number of hydrazine groups is 1. The molecule has 33 heavy (non-hydrogen) atoms. The molecular formula is C26H27F3N2O2. The van der Waals surface area contributed by atoms with Gasteiger partial charge in [0.2, 0.25) is 0 Å². The summed E-state index contributed by atoms with van der Waals surface area (Å²) in [5.74, 6) is 6.92. The third-order valence-corrected chi connectivity index (χ3v) is 6.25. The van der Waals surface area contributed by atoms with E-state index >= 15 is 0 Å². The third kappa shape index (κ3) is 5.49. The first-order valence-electron chi connectivity index (χ1n) is 10.9. The van der Waals surface area contributed by atoms with Gasteiger partial charge in [0.15, 0.2) is 0 Å². The summed E-state index contributed by atoms with van der Waals surface area (Å²) in [4.78, 5) is 0. The van der Waals surface area contributed by atoms with Crippen LogP contribution in [0.5, 0.6) is 11.5 Å². The van der Waals surface area contributed by atoms with Gasteiger partial charge in [0.05, 0.1) is 7.11 Å². The van der Waals surface area contributed by atoms with Crippen LogP contribution in [0.15, 0.2) is 78.9 Å². The summed E-state index contributed by atoms with van der Waals surface area (Å²) in [5, 5.41) is 1.87. The van der Waals surface area contributed by atoms with Gasteiger partial charge in [-0.2, -0.15) is 0 Å². The number of methoxy groups -OCH3 is 1. The lowest BCUT2D eigenvalue weighted by molar-refractivity contribution is -0.274. The monoisotopic (exact) mass is 456 g/mol. The van der Waals surface area contributed by atoms with E-state index in [0.29, 0.717) is 24.3 Å². The highest BCUT2D eigenvalue weighted by Gasteiger charge is 2.40. The Balaban J connectivity index is 1.69. The zero-order valence-electron chi connectivity index (χ0n) is 18.3. The Morgan fingerprint density at radius 2 is 1.58 bits per heavy atom. The number of rotatable bonds is 7. The molecule has 0 amide bonds. The second-order valence-corrected chi connectivity index (χ2v) is 8.30. The molecule has 174 valence electrons. The van der Waals surface area contributed by atoms with Crippen molar-refractivity contribution in [3.8, 4) is 11.5 Å². The average Bonchev–Trinajstić information content (AvgIpc) is 3.14. The lowest BCUT2D eigenvalue weighted by Crippen LogP contribution is -2.43. The number of benzene rings is 3. The summed E-state index contributed by atoms with van der Waals surface area (Å²) in [6.45, 7) is 0.701. The van der Waals surface area contributed by atoms with Crippen LogP contribution in [0, 0.1) is 5.92 Å². The van der Waals surface area contributed by atoms with Gasteiger partial charge in [0.1, 0.15) is 11.5 Å². The van der Waals surface area contributed by atoms with Crippen molar-refractivity contribution in [3.63, 3.8) is 0 Å². The topological polar surface area (TPSA) is 47.7 Å². The van der Waals surface area contributed by atoms with Crippen molar-refractivity contribution in [1.82, 2.24) is 5.01 Å². The van der Waals surface area contributed by atoms with Crippen LogP contribution in [-0.4, -0.2) is 31.1 Å². The standard InChI is InChI=1S/C26H27F3N2O2/c1-32-23-13-12-22(33-26(27,28)29)17-21(23)16-20-14-15-31(30)25(20)24(18-8-4-2-5-9-18)19-10-6-3-7-11-19/h2-13,17,20,24-25H,14-16,30H2,1H3. The number of nitrogens with two attached hydrogens (primary N) is 1. The summed E-state index contributed by atoms with van der Waals surface area (Å²) in [5.41, 5.74) is 2.97. The number of nitrogens with zero attached hydrogens (tertiary/aromatic N) is 1. The van der Waals surface area contributed by atoms with Crippen molar-refractivity contribution in [2.24, 2.45) is 11.8 Å². The quantitative estimate of drug-likeness (QED) is 0.475. The average molecular weight is 457 g/mol. The zero-order valence-corrected chi connectivity index (χ0v) is 18.3. The summed E-state index contributed by atoms with van der Waals surface area (Å²) < 4.78 is 47.9. The fourth-order valence-electron chi connectivity index (χ4n) is 4.89. The summed E-state index contributed by atoms with van der Waals surface area (Å²) in [6.07, 6.45) is -3.40. The van der Waals surface area contributed by atoms with Crippen LogP contribution < -0.4 is 15.3 Å². The minimum Gasteiger partial charge on any atom is -0.496 e. The molecule has 0 aromatic heterocycles. The van der Waals surface area contributed by atoms with Crippen molar-refractivity contribution in [1.29, 1.82) is 0 Å². The first-order valence-corrected chi connectivity index (χ1v) is 10.9. The van der Waals surface area contributed by atoms with Crippen LogP contribution in [0.2, 0.25) is 0 Å². The van der Waals surface area contributed by atoms with Crippen LogP contribution in [0.3, 0.4) is 0 Å². The van der Waals surface area contributed by atoms with Gasteiger partial charge in [0, 0.05) is 18.5 Å². The minimum absolute atomic E-state index is 0.0190. The highest BCUT2D eigenvalue weighted by atomic mass is 19.4. The summed E-state index contributed by atoms with van der Waals surface area (Å²) in [7, 11) is 1.52.